The van der Waals surface area contributed by atoms with E-state index in [9.17, 15) is 4.79 Å². The number of aryl methyl sites for hydroxylation is 1. The third kappa shape index (κ3) is 4.83. The molecule has 1 saturated heterocycles. The molecule has 0 unspecified atom stereocenters. The van der Waals surface area contributed by atoms with Crippen LogP contribution in [-0.4, -0.2) is 55.5 Å². The van der Waals surface area contributed by atoms with Crippen molar-refractivity contribution in [2.24, 2.45) is 0 Å². The minimum Gasteiger partial charge on any atom is -0.340 e. The summed E-state index contributed by atoms with van der Waals surface area (Å²) >= 11 is 0. The first-order chi connectivity index (χ1) is 10.2. The van der Waals surface area contributed by atoms with Crippen LogP contribution in [0.4, 0.5) is 0 Å². The van der Waals surface area contributed by atoms with Crippen LogP contribution in [0.1, 0.15) is 24.0 Å². The summed E-state index contributed by atoms with van der Waals surface area (Å²) in [5, 5.41) is 3.09. The van der Waals surface area contributed by atoms with E-state index in [4.69, 9.17) is 0 Å². The fraction of sp³-hybridized carbons (Fsp3) is 0.588. The van der Waals surface area contributed by atoms with Crippen molar-refractivity contribution in [3.05, 3.63) is 35.4 Å². The fourth-order valence-corrected chi connectivity index (χ4v) is 2.76. The van der Waals surface area contributed by atoms with Crippen molar-refractivity contribution in [3.63, 3.8) is 0 Å². The van der Waals surface area contributed by atoms with Gasteiger partial charge in [0.25, 0.3) is 0 Å². The summed E-state index contributed by atoms with van der Waals surface area (Å²) in [6.07, 6.45) is 1.59. The third-order valence-electron chi connectivity index (χ3n) is 4.20. The van der Waals surface area contributed by atoms with Crippen LogP contribution in [0, 0.1) is 6.92 Å². The van der Waals surface area contributed by atoms with Gasteiger partial charge < -0.3 is 10.2 Å². The molecule has 0 radical (unpaired) electrons. The Labute approximate surface area is 128 Å². The van der Waals surface area contributed by atoms with Crippen molar-refractivity contribution < 1.29 is 4.79 Å². The number of amides is 1. The molecule has 0 spiro atoms. The molecule has 1 amide bonds. The van der Waals surface area contributed by atoms with E-state index in [1.54, 1.807) is 0 Å². The molecule has 1 fully saturated rings. The first-order valence-electron chi connectivity index (χ1n) is 7.90. The summed E-state index contributed by atoms with van der Waals surface area (Å²) in [5.74, 6) is 0.306. The van der Waals surface area contributed by atoms with Crippen LogP contribution >= 0.6 is 0 Å². The predicted octanol–water partition coefficient (Wildman–Crippen LogP) is 1.64. The maximum atomic E-state index is 12.1. The molecule has 1 aliphatic heterocycles. The van der Waals surface area contributed by atoms with Gasteiger partial charge in [-0.15, -0.1) is 0 Å². The van der Waals surface area contributed by atoms with Crippen LogP contribution in [-0.2, 0) is 11.3 Å². The molecule has 1 aliphatic rings. The van der Waals surface area contributed by atoms with Gasteiger partial charge in [-0.25, -0.2) is 0 Å². The number of benzene rings is 1. The van der Waals surface area contributed by atoms with E-state index in [0.29, 0.717) is 12.3 Å². The Balaban J connectivity index is 1.75. The van der Waals surface area contributed by atoms with Crippen LogP contribution in [0.25, 0.3) is 0 Å². The van der Waals surface area contributed by atoms with E-state index in [1.165, 1.54) is 11.1 Å². The van der Waals surface area contributed by atoms with Crippen LogP contribution in [0.3, 0.4) is 0 Å². The van der Waals surface area contributed by atoms with Crippen molar-refractivity contribution in [1.29, 1.82) is 0 Å². The van der Waals surface area contributed by atoms with Crippen molar-refractivity contribution in [2.75, 3.05) is 39.8 Å². The molecule has 4 heteroatoms. The molecule has 21 heavy (non-hydrogen) atoms. The number of carbonyl (C=O) groups excluding carboxylic acids is 1. The highest BCUT2D eigenvalue weighted by Gasteiger charge is 2.20. The molecular weight excluding hydrogens is 262 g/mol. The van der Waals surface area contributed by atoms with Crippen molar-refractivity contribution in [2.45, 2.75) is 26.3 Å². The van der Waals surface area contributed by atoms with E-state index in [2.05, 4.69) is 41.4 Å². The lowest BCUT2D eigenvalue weighted by atomic mass is 10.1. The lowest BCUT2D eigenvalue weighted by Crippen LogP contribution is -2.48. The Morgan fingerprint density at radius 2 is 1.90 bits per heavy atom. The molecule has 0 bridgehead atoms. The molecule has 1 N–H and O–H groups in total. The first-order valence-corrected chi connectivity index (χ1v) is 7.90. The summed E-state index contributed by atoms with van der Waals surface area (Å²) in [4.78, 5) is 16.5. The molecule has 0 atom stereocenters. The van der Waals surface area contributed by atoms with Crippen LogP contribution in [0.5, 0.6) is 0 Å². The molecule has 2 rings (SSSR count). The summed E-state index contributed by atoms with van der Waals surface area (Å²) in [5.41, 5.74) is 2.74. The highest BCUT2D eigenvalue weighted by Crippen LogP contribution is 2.13. The Bertz CT molecular complexity index is 453. The lowest BCUT2D eigenvalue weighted by Gasteiger charge is -2.35. The zero-order valence-electron chi connectivity index (χ0n) is 13.3. The van der Waals surface area contributed by atoms with Gasteiger partial charge in [0.05, 0.1) is 0 Å². The first kappa shape index (κ1) is 16.0. The van der Waals surface area contributed by atoms with Gasteiger partial charge in [-0.05, 0) is 38.1 Å². The molecule has 1 aromatic rings. The number of carbonyl (C=O) groups is 1. The number of rotatable bonds is 6. The Morgan fingerprint density at radius 3 is 2.57 bits per heavy atom. The zero-order valence-corrected chi connectivity index (χ0v) is 13.3. The average molecular weight is 289 g/mol. The average Bonchev–Trinajstić information content (AvgIpc) is 2.50. The van der Waals surface area contributed by atoms with Gasteiger partial charge in [0.1, 0.15) is 0 Å². The largest absolute Gasteiger partial charge is 0.340 e. The number of nitrogens with zero attached hydrogens (tertiary/aromatic N) is 2. The highest BCUT2D eigenvalue weighted by atomic mass is 16.2. The minimum absolute atomic E-state index is 0.306. The Hall–Kier alpha value is -1.39. The SMILES string of the molecule is CNCCCC(=O)N1CCN(Cc2ccccc2C)CC1. The van der Waals surface area contributed by atoms with Crippen LogP contribution in [0.2, 0.25) is 0 Å². The number of nitrogens with one attached hydrogen (secondary N) is 1. The Morgan fingerprint density at radius 1 is 1.19 bits per heavy atom. The van der Waals surface area contributed by atoms with E-state index in [1.807, 2.05) is 11.9 Å². The molecular formula is C17H27N3O. The van der Waals surface area contributed by atoms with Gasteiger partial charge in [-0.1, -0.05) is 24.3 Å². The van der Waals surface area contributed by atoms with Gasteiger partial charge in [0.2, 0.25) is 5.91 Å². The summed E-state index contributed by atoms with van der Waals surface area (Å²) in [6, 6.07) is 8.55. The van der Waals surface area contributed by atoms with E-state index in [-0.39, 0.29) is 0 Å². The quantitative estimate of drug-likeness (QED) is 0.809. The summed E-state index contributed by atoms with van der Waals surface area (Å²) in [6.45, 7) is 7.76. The van der Waals surface area contributed by atoms with Gasteiger partial charge in [0, 0.05) is 39.1 Å². The molecule has 1 heterocycles. The lowest BCUT2D eigenvalue weighted by molar-refractivity contribution is -0.133. The number of piperazine rings is 1. The number of hydrogen-bond acceptors (Lipinski definition) is 3. The van der Waals surface area contributed by atoms with Crippen LogP contribution in [0.15, 0.2) is 24.3 Å². The maximum absolute atomic E-state index is 12.1. The summed E-state index contributed by atoms with van der Waals surface area (Å²) < 4.78 is 0. The second-order valence-electron chi connectivity index (χ2n) is 5.79. The van der Waals surface area contributed by atoms with Gasteiger partial charge in [-0.3, -0.25) is 9.69 Å². The molecule has 0 saturated carbocycles. The third-order valence-corrected chi connectivity index (χ3v) is 4.20. The van der Waals surface area contributed by atoms with Gasteiger partial charge in [0.15, 0.2) is 0 Å². The topological polar surface area (TPSA) is 35.6 Å². The van der Waals surface area contributed by atoms with E-state index >= 15 is 0 Å². The van der Waals surface area contributed by atoms with Crippen molar-refractivity contribution >= 4 is 5.91 Å². The fourth-order valence-electron chi connectivity index (χ4n) is 2.76. The maximum Gasteiger partial charge on any atom is 0.222 e. The molecule has 0 aliphatic carbocycles. The minimum atomic E-state index is 0.306. The van der Waals surface area contributed by atoms with Crippen molar-refractivity contribution in [1.82, 2.24) is 15.1 Å². The second kappa shape index (κ2) is 8.15. The summed E-state index contributed by atoms with van der Waals surface area (Å²) in [7, 11) is 1.93. The molecule has 4 nitrogen and oxygen atoms in total. The molecule has 116 valence electrons. The smallest absolute Gasteiger partial charge is 0.222 e. The standard InChI is InChI=1S/C17H27N3O/c1-15-6-3-4-7-16(15)14-19-10-12-20(13-11-19)17(21)8-5-9-18-2/h3-4,6-7,18H,5,8-14H2,1-2H3. The van der Waals surface area contributed by atoms with E-state index in [0.717, 1.165) is 45.7 Å². The van der Waals surface area contributed by atoms with Crippen LogP contribution < -0.4 is 5.32 Å². The zero-order chi connectivity index (χ0) is 15.1. The molecule has 0 aromatic heterocycles. The van der Waals surface area contributed by atoms with Gasteiger partial charge >= 0.3 is 0 Å². The number of hydrogen-bond donors (Lipinski definition) is 1. The monoisotopic (exact) mass is 289 g/mol. The normalized spacial score (nSPS) is 16.2. The predicted molar refractivity (Wildman–Crippen MR) is 86.2 cm³/mol. The second-order valence-corrected chi connectivity index (χ2v) is 5.79. The van der Waals surface area contributed by atoms with E-state index < -0.39 is 0 Å². The van der Waals surface area contributed by atoms with Crippen molar-refractivity contribution in [3.8, 4) is 0 Å². The Kier molecular flexibility index (Phi) is 6.21. The van der Waals surface area contributed by atoms with Gasteiger partial charge in [-0.2, -0.15) is 0 Å². The highest BCUT2D eigenvalue weighted by molar-refractivity contribution is 5.76. The molecule has 1 aromatic carbocycles.